The van der Waals surface area contributed by atoms with Crippen LogP contribution in [0, 0.1) is 0 Å². The van der Waals surface area contributed by atoms with Gasteiger partial charge in [0.2, 0.25) is 5.91 Å². The molecule has 3 N–H and O–H groups in total. The Labute approximate surface area is 142 Å². The van der Waals surface area contributed by atoms with Crippen molar-refractivity contribution in [3.05, 3.63) is 36.0 Å². The number of hydrogen-bond acceptors (Lipinski definition) is 4. The molecule has 0 aliphatic carbocycles. The Morgan fingerprint density at radius 2 is 2.04 bits per heavy atom. The number of nitrogens with one attached hydrogen (secondary N) is 3. The summed E-state index contributed by atoms with van der Waals surface area (Å²) in [7, 11) is 0. The average Bonchev–Trinajstić information content (AvgIpc) is 3.03. The molecule has 2 heterocycles. The van der Waals surface area contributed by atoms with Crippen molar-refractivity contribution in [3.8, 4) is 0 Å². The van der Waals surface area contributed by atoms with Crippen LogP contribution in [0.4, 0.5) is 0 Å². The standard InChI is InChI=1S/C18H26N4O2/c23-18(20-7-8-22-9-11-24-12-10-22)14-19-6-5-15-13-21-17-4-2-1-3-16(15)17/h1-4,13,19,21H,5-12,14H2,(H,20,23). The van der Waals surface area contributed by atoms with Gasteiger partial charge in [0.15, 0.2) is 0 Å². The predicted molar refractivity (Wildman–Crippen MR) is 95.1 cm³/mol. The van der Waals surface area contributed by atoms with Crippen molar-refractivity contribution >= 4 is 16.8 Å². The van der Waals surface area contributed by atoms with E-state index >= 15 is 0 Å². The van der Waals surface area contributed by atoms with Gasteiger partial charge in [0.25, 0.3) is 0 Å². The van der Waals surface area contributed by atoms with Crippen molar-refractivity contribution in [1.82, 2.24) is 20.5 Å². The number of benzene rings is 1. The molecule has 1 amide bonds. The lowest BCUT2D eigenvalue weighted by molar-refractivity contribution is -0.120. The number of amides is 1. The first-order chi connectivity index (χ1) is 11.8. The van der Waals surface area contributed by atoms with Crippen LogP contribution in [0.3, 0.4) is 0 Å². The monoisotopic (exact) mass is 330 g/mol. The lowest BCUT2D eigenvalue weighted by atomic mass is 10.1. The Hall–Kier alpha value is -1.89. The van der Waals surface area contributed by atoms with E-state index in [1.54, 1.807) is 0 Å². The highest BCUT2D eigenvalue weighted by Crippen LogP contribution is 2.17. The molecule has 2 aromatic rings. The maximum absolute atomic E-state index is 11.8. The smallest absolute Gasteiger partial charge is 0.234 e. The minimum atomic E-state index is 0.0576. The number of carbonyl (C=O) groups excluding carboxylic acids is 1. The van der Waals surface area contributed by atoms with E-state index in [4.69, 9.17) is 4.74 Å². The van der Waals surface area contributed by atoms with E-state index in [1.807, 2.05) is 6.07 Å². The van der Waals surface area contributed by atoms with Crippen LogP contribution < -0.4 is 10.6 Å². The molecule has 0 unspecified atom stereocenters. The van der Waals surface area contributed by atoms with Gasteiger partial charge < -0.3 is 20.4 Å². The van der Waals surface area contributed by atoms with Crippen LogP contribution in [0.1, 0.15) is 5.56 Å². The minimum Gasteiger partial charge on any atom is -0.379 e. The largest absolute Gasteiger partial charge is 0.379 e. The number of carbonyl (C=O) groups is 1. The Bertz CT molecular complexity index is 649. The third kappa shape index (κ3) is 4.80. The van der Waals surface area contributed by atoms with Gasteiger partial charge in [-0.2, -0.15) is 0 Å². The fraction of sp³-hybridized carbons (Fsp3) is 0.500. The molecular weight excluding hydrogens is 304 g/mol. The number of nitrogens with zero attached hydrogens (tertiary/aromatic N) is 1. The zero-order valence-corrected chi connectivity index (χ0v) is 14.0. The highest BCUT2D eigenvalue weighted by atomic mass is 16.5. The lowest BCUT2D eigenvalue weighted by Crippen LogP contribution is -2.43. The Balaban J connectivity index is 1.29. The maximum Gasteiger partial charge on any atom is 0.234 e. The highest BCUT2D eigenvalue weighted by Gasteiger charge is 2.10. The number of morpholine rings is 1. The fourth-order valence-electron chi connectivity index (χ4n) is 3.00. The van der Waals surface area contributed by atoms with Gasteiger partial charge >= 0.3 is 0 Å². The van der Waals surface area contributed by atoms with Crippen LogP contribution in [0.25, 0.3) is 10.9 Å². The van der Waals surface area contributed by atoms with Gasteiger partial charge in [-0.05, 0) is 24.6 Å². The zero-order chi connectivity index (χ0) is 16.6. The van der Waals surface area contributed by atoms with Crippen molar-refractivity contribution in [2.75, 3.05) is 52.5 Å². The second-order valence-corrected chi connectivity index (χ2v) is 6.09. The summed E-state index contributed by atoms with van der Waals surface area (Å²) in [6.45, 7) is 6.25. The highest BCUT2D eigenvalue weighted by molar-refractivity contribution is 5.83. The number of aromatic amines is 1. The van der Waals surface area contributed by atoms with Gasteiger partial charge in [-0.1, -0.05) is 18.2 Å². The molecule has 1 aromatic heterocycles. The second kappa shape index (κ2) is 8.82. The summed E-state index contributed by atoms with van der Waals surface area (Å²) in [6, 6.07) is 8.28. The topological polar surface area (TPSA) is 69.4 Å². The molecule has 0 saturated carbocycles. The van der Waals surface area contributed by atoms with E-state index in [2.05, 4.69) is 44.9 Å². The van der Waals surface area contributed by atoms with Crippen LogP contribution >= 0.6 is 0 Å². The summed E-state index contributed by atoms with van der Waals surface area (Å²) in [5.41, 5.74) is 2.44. The molecule has 1 saturated heterocycles. The maximum atomic E-state index is 11.8. The zero-order valence-electron chi connectivity index (χ0n) is 14.0. The number of hydrogen-bond donors (Lipinski definition) is 3. The van der Waals surface area contributed by atoms with Crippen LogP contribution in [0.2, 0.25) is 0 Å². The second-order valence-electron chi connectivity index (χ2n) is 6.09. The first-order valence-electron chi connectivity index (χ1n) is 8.65. The molecule has 0 atom stereocenters. The molecule has 6 nitrogen and oxygen atoms in total. The van der Waals surface area contributed by atoms with Crippen molar-refractivity contribution in [2.45, 2.75) is 6.42 Å². The van der Waals surface area contributed by atoms with Crippen molar-refractivity contribution in [3.63, 3.8) is 0 Å². The summed E-state index contributed by atoms with van der Waals surface area (Å²) in [6.07, 6.45) is 2.96. The molecule has 1 aromatic carbocycles. The molecule has 0 spiro atoms. The number of H-pyrrole nitrogens is 1. The van der Waals surface area contributed by atoms with E-state index < -0.39 is 0 Å². The van der Waals surface area contributed by atoms with Gasteiger partial charge in [0.05, 0.1) is 19.8 Å². The Morgan fingerprint density at radius 3 is 2.92 bits per heavy atom. The van der Waals surface area contributed by atoms with E-state index in [1.165, 1.54) is 10.9 Å². The molecule has 6 heteroatoms. The van der Waals surface area contributed by atoms with E-state index in [0.29, 0.717) is 13.1 Å². The van der Waals surface area contributed by atoms with E-state index in [9.17, 15) is 4.79 Å². The fourth-order valence-corrected chi connectivity index (χ4v) is 3.00. The van der Waals surface area contributed by atoms with Gasteiger partial charge in [-0.3, -0.25) is 9.69 Å². The average molecular weight is 330 g/mol. The molecular formula is C18H26N4O2. The normalized spacial score (nSPS) is 15.7. The van der Waals surface area contributed by atoms with Crippen LogP contribution in [-0.4, -0.2) is 68.3 Å². The van der Waals surface area contributed by atoms with Gasteiger partial charge in [-0.15, -0.1) is 0 Å². The van der Waals surface area contributed by atoms with Crippen LogP contribution in [0.5, 0.6) is 0 Å². The predicted octanol–water partition coefficient (Wildman–Crippen LogP) is 0.748. The van der Waals surface area contributed by atoms with Crippen LogP contribution in [0.15, 0.2) is 30.5 Å². The number of rotatable bonds is 8. The molecule has 1 fully saturated rings. The third-order valence-corrected chi connectivity index (χ3v) is 4.39. The summed E-state index contributed by atoms with van der Waals surface area (Å²) < 4.78 is 5.31. The summed E-state index contributed by atoms with van der Waals surface area (Å²) >= 11 is 0. The molecule has 1 aliphatic rings. The Morgan fingerprint density at radius 1 is 1.21 bits per heavy atom. The quantitative estimate of drug-likeness (QED) is 0.625. The third-order valence-electron chi connectivity index (χ3n) is 4.39. The Kier molecular flexibility index (Phi) is 6.23. The summed E-state index contributed by atoms with van der Waals surface area (Å²) in [4.78, 5) is 17.4. The van der Waals surface area contributed by atoms with E-state index in [-0.39, 0.29) is 5.91 Å². The lowest BCUT2D eigenvalue weighted by Gasteiger charge is -2.26. The number of para-hydroxylation sites is 1. The molecule has 0 radical (unpaired) electrons. The number of aromatic nitrogens is 1. The molecule has 130 valence electrons. The van der Waals surface area contributed by atoms with Gasteiger partial charge in [0.1, 0.15) is 0 Å². The molecule has 1 aliphatic heterocycles. The summed E-state index contributed by atoms with van der Waals surface area (Å²) in [5, 5.41) is 7.44. The van der Waals surface area contributed by atoms with Gasteiger partial charge in [0, 0.05) is 43.3 Å². The number of fused-ring (bicyclic) bond motifs is 1. The first-order valence-corrected chi connectivity index (χ1v) is 8.65. The first kappa shape index (κ1) is 17.0. The van der Waals surface area contributed by atoms with Crippen LogP contribution in [-0.2, 0) is 16.0 Å². The molecule has 3 rings (SSSR count). The van der Waals surface area contributed by atoms with Crippen molar-refractivity contribution in [1.29, 1.82) is 0 Å². The number of ether oxygens (including phenoxy) is 1. The van der Waals surface area contributed by atoms with Crippen molar-refractivity contribution < 1.29 is 9.53 Å². The summed E-state index contributed by atoms with van der Waals surface area (Å²) in [5.74, 6) is 0.0576. The SMILES string of the molecule is O=C(CNCCc1c[nH]c2ccccc12)NCCN1CCOCC1. The molecule has 24 heavy (non-hydrogen) atoms. The molecule has 0 bridgehead atoms. The van der Waals surface area contributed by atoms with Gasteiger partial charge in [-0.25, -0.2) is 0 Å². The van der Waals surface area contributed by atoms with E-state index in [0.717, 1.165) is 51.3 Å². The van der Waals surface area contributed by atoms with Crippen molar-refractivity contribution in [2.24, 2.45) is 0 Å². The minimum absolute atomic E-state index is 0.0576.